The molecule has 0 radical (unpaired) electrons. The Morgan fingerprint density at radius 1 is 0.818 bits per heavy atom. The average molecular weight is 433 g/mol. The molecular weight excluding hydrogens is 419 g/mol. The third kappa shape index (κ3) is 4.71. The molecule has 0 N–H and O–H groups in total. The van der Waals surface area contributed by atoms with E-state index in [-0.39, 0.29) is 0 Å². The average Bonchev–Trinajstić information content (AvgIpc) is 2.47. The zero-order valence-corrected chi connectivity index (χ0v) is 14.9. The van der Waals surface area contributed by atoms with Gasteiger partial charge in [-0.3, -0.25) is 0 Å². The standard InChI is InChI=1S/C16H14ClIO4/c1-11(19)21-18(22-12(2)20)16-9-5-14(6-10-16)13-3-7-15(17)8-4-13/h3-10H,1-2H3. The van der Waals surface area contributed by atoms with Crippen LogP contribution in [0.3, 0.4) is 0 Å². The molecule has 0 fully saturated rings. The first-order valence-corrected chi connectivity index (χ1v) is 9.61. The first kappa shape index (κ1) is 16.8. The Morgan fingerprint density at radius 2 is 1.23 bits per heavy atom. The molecule has 2 aromatic carbocycles. The van der Waals surface area contributed by atoms with Crippen molar-refractivity contribution >= 4 is 44.2 Å². The number of hydrogen-bond acceptors (Lipinski definition) is 4. The van der Waals surface area contributed by atoms with Crippen molar-refractivity contribution < 1.29 is 15.7 Å². The van der Waals surface area contributed by atoms with Gasteiger partial charge in [-0.05, 0) is 0 Å². The van der Waals surface area contributed by atoms with Crippen LogP contribution in [0.25, 0.3) is 11.1 Å². The molecule has 0 aliphatic carbocycles. The normalized spacial score (nSPS) is 10.8. The molecule has 0 saturated carbocycles. The fourth-order valence-corrected chi connectivity index (χ4v) is 4.49. The summed E-state index contributed by atoms with van der Waals surface area (Å²) >= 11 is 3.13. The van der Waals surface area contributed by atoms with Crippen molar-refractivity contribution in [3.05, 3.63) is 57.1 Å². The van der Waals surface area contributed by atoms with Crippen LogP contribution < -0.4 is 0 Å². The van der Waals surface area contributed by atoms with Crippen molar-refractivity contribution in [3.63, 3.8) is 0 Å². The SMILES string of the molecule is CC(=O)OI(OC(C)=O)c1ccc(-c2ccc(Cl)cc2)cc1. The Kier molecular flexibility index (Phi) is 5.79. The van der Waals surface area contributed by atoms with Crippen LogP contribution in [0.4, 0.5) is 0 Å². The molecule has 2 rings (SSSR count). The summed E-state index contributed by atoms with van der Waals surface area (Å²) in [6, 6.07) is 14.9. The molecule has 0 aliphatic heterocycles. The fraction of sp³-hybridized carbons (Fsp3) is 0.125. The van der Waals surface area contributed by atoms with Gasteiger partial charge in [0.2, 0.25) is 0 Å². The third-order valence-electron chi connectivity index (χ3n) is 2.56. The maximum atomic E-state index is 11.1. The van der Waals surface area contributed by atoms with Gasteiger partial charge in [0.15, 0.2) is 0 Å². The Balaban J connectivity index is 2.23. The van der Waals surface area contributed by atoms with E-state index in [9.17, 15) is 9.59 Å². The van der Waals surface area contributed by atoms with Gasteiger partial charge < -0.3 is 0 Å². The summed E-state index contributed by atoms with van der Waals surface area (Å²) in [7, 11) is 0. The van der Waals surface area contributed by atoms with Crippen LogP contribution in [0, 0.1) is 3.57 Å². The molecule has 0 amide bonds. The number of carbonyl (C=O) groups excluding carboxylic acids is 2. The number of hydrogen-bond donors (Lipinski definition) is 0. The second kappa shape index (κ2) is 7.60. The summed E-state index contributed by atoms with van der Waals surface area (Å²) in [4.78, 5) is 22.3. The molecule has 22 heavy (non-hydrogen) atoms. The summed E-state index contributed by atoms with van der Waals surface area (Å²) in [5.41, 5.74) is 2.03. The predicted molar refractivity (Wildman–Crippen MR) is 93.1 cm³/mol. The molecule has 2 aromatic rings. The summed E-state index contributed by atoms with van der Waals surface area (Å²) in [5, 5.41) is 0.679. The van der Waals surface area contributed by atoms with Crippen molar-refractivity contribution in [2.45, 2.75) is 13.8 Å². The predicted octanol–water partition coefficient (Wildman–Crippen LogP) is 4.64. The Labute approximate surface area is 141 Å². The van der Waals surface area contributed by atoms with Gasteiger partial charge in [-0.1, -0.05) is 0 Å². The molecule has 0 spiro atoms. The monoisotopic (exact) mass is 432 g/mol. The Morgan fingerprint density at radius 3 is 1.64 bits per heavy atom. The molecule has 4 nitrogen and oxygen atoms in total. The van der Waals surface area contributed by atoms with Crippen LogP contribution >= 0.6 is 32.3 Å². The number of benzene rings is 2. The van der Waals surface area contributed by atoms with Gasteiger partial charge in [0.1, 0.15) is 0 Å². The van der Waals surface area contributed by atoms with Crippen LogP contribution in [0.1, 0.15) is 13.8 Å². The molecule has 0 aliphatic rings. The molecule has 0 saturated heterocycles. The molecule has 0 bridgehead atoms. The van der Waals surface area contributed by atoms with E-state index in [2.05, 4.69) is 0 Å². The van der Waals surface area contributed by atoms with Crippen LogP contribution in [0.5, 0.6) is 0 Å². The quantitative estimate of drug-likeness (QED) is 0.661. The molecule has 0 atom stereocenters. The summed E-state index contributed by atoms with van der Waals surface area (Å²) in [5.74, 6) is -0.901. The minimum atomic E-state index is -2.74. The minimum absolute atomic E-state index is 0.451. The van der Waals surface area contributed by atoms with Gasteiger partial charge in [0, 0.05) is 0 Å². The van der Waals surface area contributed by atoms with E-state index in [4.69, 9.17) is 17.7 Å². The number of halogens is 2. The van der Waals surface area contributed by atoms with E-state index in [1.165, 1.54) is 13.8 Å². The molecule has 116 valence electrons. The zero-order valence-electron chi connectivity index (χ0n) is 12.0. The summed E-state index contributed by atoms with van der Waals surface area (Å²) in [6.45, 7) is 2.60. The Hall–Kier alpha value is -1.60. The number of carbonyl (C=O) groups is 2. The molecule has 0 heterocycles. The van der Waals surface area contributed by atoms with E-state index in [0.29, 0.717) is 5.02 Å². The summed E-state index contributed by atoms with van der Waals surface area (Å²) < 4.78 is 11.1. The van der Waals surface area contributed by atoms with E-state index in [1.807, 2.05) is 48.5 Å². The Bertz CT molecular complexity index is 652. The molecule has 0 unspecified atom stereocenters. The molecular formula is C16H14ClIO4. The molecule has 0 aromatic heterocycles. The molecule has 6 heteroatoms. The summed E-state index contributed by atoms with van der Waals surface area (Å²) in [6.07, 6.45) is 0. The number of rotatable bonds is 4. The van der Waals surface area contributed by atoms with Crippen LogP contribution in [0.15, 0.2) is 48.5 Å². The van der Waals surface area contributed by atoms with Crippen LogP contribution in [-0.2, 0) is 15.7 Å². The zero-order chi connectivity index (χ0) is 16.1. The van der Waals surface area contributed by atoms with Crippen molar-refractivity contribution in [1.82, 2.24) is 0 Å². The van der Waals surface area contributed by atoms with Gasteiger partial charge in [-0.15, -0.1) is 0 Å². The first-order valence-electron chi connectivity index (χ1n) is 6.40. The second-order valence-electron chi connectivity index (χ2n) is 4.37. The van der Waals surface area contributed by atoms with Crippen molar-refractivity contribution in [1.29, 1.82) is 0 Å². The maximum absolute atomic E-state index is 11.1. The van der Waals surface area contributed by atoms with Crippen molar-refractivity contribution in [2.24, 2.45) is 0 Å². The van der Waals surface area contributed by atoms with E-state index in [1.54, 1.807) is 0 Å². The van der Waals surface area contributed by atoms with E-state index in [0.717, 1.165) is 14.7 Å². The van der Waals surface area contributed by atoms with Gasteiger partial charge in [-0.25, -0.2) is 0 Å². The van der Waals surface area contributed by atoms with Gasteiger partial charge >= 0.3 is 142 Å². The topological polar surface area (TPSA) is 52.6 Å². The van der Waals surface area contributed by atoms with Crippen LogP contribution in [0.2, 0.25) is 5.02 Å². The van der Waals surface area contributed by atoms with Crippen LogP contribution in [-0.4, -0.2) is 11.9 Å². The first-order chi connectivity index (χ1) is 10.5. The fourth-order valence-electron chi connectivity index (χ4n) is 1.69. The third-order valence-corrected chi connectivity index (χ3v) is 6.59. The van der Waals surface area contributed by atoms with Crippen molar-refractivity contribution in [2.75, 3.05) is 0 Å². The van der Waals surface area contributed by atoms with E-state index < -0.39 is 32.6 Å². The van der Waals surface area contributed by atoms with Crippen molar-refractivity contribution in [3.8, 4) is 11.1 Å². The second-order valence-corrected chi connectivity index (χ2v) is 8.17. The van der Waals surface area contributed by atoms with Gasteiger partial charge in [-0.2, -0.15) is 0 Å². The van der Waals surface area contributed by atoms with Gasteiger partial charge in [0.05, 0.1) is 0 Å². The van der Waals surface area contributed by atoms with Gasteiger partial charge in [0.25, 0.3) is 0 Å². The van der Waals surface area contributed by atoms with E-state index >= 15 is 0 Å².